The van der Waals surface area contributed by atoms with Gasteiger partial charge in [-0.2, -0.15) is 0 Å². The van der Waals surface area contributed by atoms with Gasteiger partial charge >= 0.3 is 0 Å². The van der Waals surface area contributed by atoms with Crippen molar-refractivity contribution in [2.24, 2.45) is 23.7 Å². The molecule has 18 heavy (non-hydrogen) atoms. The van der Waals surface area contributed by atoms with E-state index in [-0.39, 0.29) is 18.1 Å². The van der Waals surface area contributed by atoms with Crippen LogP contribution in [0, 0.1) is 23.7 Å². The SMILES string of the molecule is COC1CNC(C(=O)NC2C3C4CCC(C4)C23)C1. The summed E-state index contributed by atoms with van der Waals surface area (Å²) in [5.74, 6) is 3.70. The lowest BCUT2D eigenvalue weighted by atomic mass is 10.0. The third-order valence-corrected chi connectivity index (χ3v) is 5.78. The largest absolute Gasteiger partial charge is 0.380 e. The Labute approximate surface area is 108 Å². The van der Waals surface area contributed by atoms with Gasteiger partial charge in [0.25, 0.3) is 0 Å². The third kappa shape index (κ3) is 1.55. The van der Waals surface area contributed by atoms with Crippen molar-refractivity contribution in [2.45, 2.75) is 43.9 Å². The van der Waals surface area contributed by atoms with Crippen LogP contribution in [0.15, 0.2) is 0 Å². The van der Waals surface area contributed by atoms with Gasteiger partial charge in [-0.3, -0.25) is 4.79 Å². The number of rotatable bonds is 3. The molecule has 1 heterocycles. The van der Waals surface area contributed by atoms with Crippen LogP contribution in [0.1, 0.15) is 25.7 Å². The van der Waals surface area contributed by atoms with Gasteiger partial charge in [0.1, 0.15) is 0 Å². The second-order valence-corrected chi connectivity index (χ2v) is 6.58. The van der Waals surface area contributed by atoms with Gasteiger partial charge in [-0.05, 0) is 49.4 Å². The molecule has 1 amide bonds. The fourth-order valence-electron chi connectivity index (χ4n) is 4.87. The summed E-state index contributed by atoms with van der Waals surface area (Å²) in [5.41, 5.74) is 0. The number of amides is 1. The summed E-state index contributed by atoms with van der Waals surface area (Å²) in [5, 5.41) is 6.54. The van der Waals surface area contributed by atoms with Crippen LogP contribution in [0.4, 0.5) is 0 Å². The van der Waals surface area contributed by atoms with Gasteiger partial charge in [-0.1, -0.05) is 0 Å². The molecule has 6 unspecified atom stereocenters. The van der Waals surface area contributed by atoms with Crippen molar-refractivity contribution in [1.29, 1.82) is 0 Å². The lowest BCUT2D eigenvalue weighted by Gasteiger charge is -2.14. The molecule has 4 rings (SSSR count). The van der Waals surface area contributed by atoms with Crippen molar-refractivity contribution in [3.63, 3.8) is 0 Å². The molecule has 0 spiro atoms. The van der Waals surface area contributed by atoms with Crippen molar-refractivity contribution in [2.75, 3.05) is 13.7 Å². The molecule has 1 aliphatic heterocycles. The highest BCUT2D eigenvalue weighted by atomic mass is 16.5. The topological polar surface area (TPSA) is 50.4 Å². The van der Waals surface area contributed by atoms with E-state index in [9.17, 15) is 4.79 Å². The standard InChI is InChI=1S/C14H22N2O2/c1-18-9-5-10(15-6-9)14(17)16-13-11-7-2-3-8(4-7)12(11)13/h7-13,15H,2-6H2,1H3,(H,16,17). The third-order valence-electron chi connectivity index (χ3n) is 5.78. The van der Waals surface area contributed by atoms with Gasteiger partial charge in [-0.25, -0.2) is 0 Å². The first-order valence-electron chi connectivity index (χ1n) is 7.34. The Balaban J connectivity index is 1.33. The van der Waals surface area contributed by atoms with Crippen molar-refractivity contribution >= 4 is 5.91 Å². The van der Waals surface area contributed by atoms with Crippen LogP contribution in [-0.2, 0) is 9.53 Å². The molecule has 3 aliphatic carbocycles. The molecule has 2 N–H and O–H groups in total. The fraction of sp³-hybridized carbons (Fsp3) is 0.929. The lowest BCUT2D eigenvalue weighted by molar-refractivity contribution is -0.123. The minimum atomic E-state index is -0.0334. The normalized spacial score (nSPS) is 52.4. The van der Waals surface area contributed by atoms with Crippen LogP contribution < -0.4 is 10.6 Å². The minimum absolute atomic E-state index is 0.0334. The highest BCUT2D eigenvalue weighted by Gasteiger charge is 2.65. The van der Waals surface area contributed by atoms with Gasteiger partial charge < -0.3 is 15.4 Å². The summed E-state index contributed by atoms with van der Waals surface area (Å²) in [6.45, 7) is 0.803. The van der Waals surface area contributed by atoms with E-state index in [0.717, 1.165) is 36.6 Å². The molecule has 4 fully saturated rings. The monoisotopic (exact) mass is 250 g/mol. The first-order chi connectivity index (χ1) is 8.78. The molecule has 4 nitrogen and oxygen atoms in total. The summed E-state index contributed by atoms with van der Waals surface area (Å²) < 4.78 is 5.29. The maximum absolute atomic E-state index is 12.2. The minimum Gasteiger partial charge on any atom is -0.380 e. The summed E-state index contributed by atoms with van der Waals surface area (Å²) in [4.78, 5) is 12.2. The molecular formula is C14H22N2O2. The summed E-state index contributed by atoms with van der Waals surface area (Å²) in [6.07, 6.45) is 5.28. The molecular weight excluding hydrogens is 228 g/mol. The van der Waals surface area contributed by atoms with E-state index < -0.39 is 0 Å². The summed E-state index contributed by atoms with van der Waals surface area (Å²) in [6, 6.07) is 0.473. The van der Waals surface area contributed by atoms with Crippen LogP contribution in [0.25, 0.3) is 0 Å². The molecule has 6 atom stereocenters. The van der Waals surface area contributed by atoms with Crippen molar-refractivity contribution < 1.29 is 9.53 Å². The zero-order chi connectivity index (χ0) is 12.3. The fourth-order valence-corrected chi connectivity index (χ4v) is 4.87. The molecule has 0 aromatic rings. The van der Waals surface area contributed by atoms with E-state index in [1.54, 1.807) is 7.11 Å². The molecule has 2 bridgehead atoms. The predicted molar refractivity (Wildman–Crippen MR) is 66.9 cm³/mol. The van der Waals surface area contributed by atoms with Gasteiger partial charge in [0, 0.05) is 19.7 Å². The second-order valence-electron chi connectivity index (χ2n) is 6.58. The number of carbonyl (C=O) groups is 1. The van der Waals surface area contributed by atoms with Crippen LogP contribution >= 0.6 is 0 Å². The van der Waals surface area contributed by atoms with E-state index in [1.165, 1.54) is 19.3 Å². The Hall–Kier alpha value is -0.610. The Morgan fingerprint density at radius 1 is 1.22 bits per heavy atom. The maximum atomic E-state index is 12.2. The van der Waals surface area contributed by atoms with Gasteiger partial charge in [0.2, 0.25) is 5.91 Å². The van der Waals surface area contributed by atoms with E-state index in [4.69, 9.17) is 4.74 Å². The first kappa shape index (κ1) is 11.2. The van der Waals surface area contributed by atoms with Crippen molar-refractivity contribution in [3.05, 3.63) is 0 Å². The van der Waals surface area contributed by atoms with E-state index >= 15 is 0 Å². The molecule has 4 heteroatoms. The average Bonchev–Trinajstić information content (AvgIpc) is 2.87. The number of fused-ring (bicyclic) bond motifs is 5. The van der Waals surface area contributed by atoms with Crippen LogP contribution in [-0.4, -0.2) is 37.7 Å². The zero-order valence-corrected chi connectivity index (χ0v) is 10.9. The Morgan fingerprint density at radius 3 is 2.56 bits per heavy atom. The van der Waals surface area contributed by atoms with E-state index in [2.05, 4.69) is 10.6 Å². The average molecular weight is 250 g/mol. The maximum Gasteiger partial charge on any atom is 0.237 e. The molecule has 100 valence electrons. The number of methoxy groups -OCH3 is 1. The van der Waals surface area contributed by atoms with Gasteiger partial charge in [0.05, 0.1) is 12.1 Å². The van der Waals surface area contributed by atoms with Crippen LogP contribution in [0.5, 0.6) is 0 Å². The van der Waals surface area contributed by atoms with Gasteiger partial charge in [-0.15, -0.1) is 0 Å². The number of hydrogen-bond donors (Lipinski definition) is 2. The molecule has 0 aromatic heterocycles. The molecule has 3 saturated carbocycles. The zero-order valence-electron chi connectivity index (χ0n) is 10.9. The lowest BCUT2D eigenvalue weighted by Crippen LogP contribution is -2.42. The van der Waals surface area contributed by atoms with E-state index in [0.29, 0.717) is 6.04 Å². The number of nitrogens with one attached hydrogen (secondary N) is 2. The summed E-state index contributed by atoms with van der Waals surface area (Å²) >= 11 is 0. The highest BCUT2D eigenvalue weighted by Crippen LogP contribution is 2.65. The Bertz CT molecular complexity index is 357. The molecule has 4 aliphatic rings. The Kier molecular flexibility index (Phi) is 2.46. The second kappa shape index (κ2) is 3.94. The van der Waals surface area contributed by atoms with Crippen molar-refractivity contribution in [3.8, 4) is 0 Å². The van der Waals surface area contributed by atoms with Crippen LogP contribution in [0.2, 0.25) is 0 Å². The number of hydrogen-bond acceptors (Lipinski definition) is 3. The quantitative estimate of drug-likeness (QED) is 0.768. The van der Waals surface area contributed by atoms with Crippen LogP contribution in [0.3, 0.4) is 0 Å². The number of carbonyl (C=O) groups excluding carboxylic acids is 1. The first-order valence-corrected chi connectivity index (χ1v) is 7.34. The highest BCUT2D eigenvalue weighted by molar-refractivity contribution is 5.83. The molecule has 0 aromatic carbocycles. The molecule has 1 saturated heterocycles. The van der Waals surface area contributed by atoms with E-state index in [1.807, 2.05) is 0 Å². The number of ether oxygens (including phenoxy) is 1. The Morgan fingerprint density at radius 2 is 1.94 bits per heavy atom. The van der Waals surface area contributed by atoms with Crippen molar-refractivity contribution in [1.82, 2.24) is 10.6 Å². The summed E-state index contributed by atoms with van der Waals surface area (Å²) in [7, 11) is 1.72. The molecule has 0 radical (unpaired) electrons. The predicted octanol–water partition coefficient (Wildman–Crippen LogP) is 0.524. The van der Waals surface area contributed by atoms with Gasteiger partial charge in [0.15, 0.2) is 0 Å². The smallest absolute Gasteiger partial charge is 0.237 e.